The molecule has 0 aromatic heterocycles. The molecule has 96 valence electrons. The van der Waals surface area contributed by atoms with Crippen molar-refractivity contribution in [3.8, 4) is 0 Å². The maximum Gasteiger partial charge on any atom is 0.244 e. The predicted molar refractivity (Wildman–Crippen MR) is 71.8 cm³/mol. The van der Waals surface area contributed by atoms with Crippen molar-refractivity contribution in [1.82, 2.24) is 10.2 Å². The molecule has 0 unspecified atom stereocenters. The fraction of sp³-hybridized carbons (Fsp3) is 0.643. The lowest BCUT2D eigenvalue weighted by molar-refractivity contribution is -0.117. The van der Waals surface area contributed by atoms with E-state index in [1.54, 1.807) is 12.2 Å². The lowest BCUT2D eigenvalue weighted by atomic mass is 10.0. The number of hydrogen-bond acceptors (Lipinski definition) is 2. The van der Waals surface area contributed by atoms with Crippen molar-refractivity contribution < 1.29 is 4.79 Å². The van der Waals surface area contributed by atoms with E-state index in [-0.39, 0.29) is 5.91 Å². The third-order valence-electron chi connectivity index (χ3n) is 3.02. The minimum atomic E-state index is 0.0250. The van der Waals surface area contributed by atoms with Gasteiger partial charge in [-0.15, -0.1) is 0 Å². The van der Waals surface area contributed by atoms with E-state index in [9.17, 15) is 4.79 Å². The van der Waals surface area contributed by atoms with Gasteiger partial charge in [-0.2, -0.15) is 0 Å². The van der Waals surface area contributed by atoms with Crippen LogP contribution < -0.4 is 5.32 Å². The fourth-order valence-corrected chi connectivity index (χ4v) is 2.12. The third kappa shape index (κ3) is 5.68. The van der Waals surface area contributed by atoms with Gasteiger partial charge in [-0.3, -0.25) is 4.79 Å². The quantitative estimate of drug-likeness (QED) is 0.586. The van der Waals surface area contributed by atoms with E-state index >= 15 is 0 Å². The number of carbonyl (C=O) groups excluding carboxylic acids is 1. The Morgan fingerprint density at radius 2 is 2.06 bits per heavy atom. The Morgan fingerprint density at radius 3 is 2.65 bits per heavy atom. The Balaban J connectivity index is 2.23. The van der Waals surface area contributed by atoms with Gasteiger partial charge >= 0.3 is 0 Å². The highest BCUT2D eigenvalue weighted by molar-refractivity contribution is 5.87. The van der Waals surface area contributed by atoms with E-state index in [1.165, 1.54) is 13.0 Å². The van der Waals surface area contributed by atoms with Crippen LogP contribution in [0.3, 0.4) is 0 Å². The average molecular weight is 236 g/mol. The molecule has 0 aliphatic carbocycles. The fourth-order valence-electron chi connectivity index (χ4n) is 2.12. The standard InChI is InChI=1S/C14H24N2O/c1-3-5-6-7-14(17)15-13-8-11-16(10-4-2)12-9-13/h3,5-7,13H,4,8-12H2,1-2H3,(H,15,17)/b5-3+,7-6+. The molecule has 3 heteroatoms. The summed E-state index contributed by atoms with van der Waals surface area (Å²) >= 11 is 0. The zero-order valence-electron chi connectivity index (χ0n) is 11.0. The molecule has 1 saturated heterocycles. The molecule has 1 aliphatic heterocycles. The molecule has 0 bridgehead atoms. The van der Waals surface area contributed by atoms with Gasteiger partial charge in [0, 0.05) is 25.2 Å². The molecule has 0 radical (unpaired) electrons. The number of carbonyl (C=O) groups is 1. The first-order chi connectivity index (χ1) is 8.26. The molecule has 0 aromatic rings. The predicted octanol–water partition coefficient (Wildman–Crippen LogP) is 2.11. The molecule has 17 heavy (non-hydrogen) atoms. The third-order valence-corrected chi connectivity index (χ3v) is 3.02. The molecule has 1 fully saturated rings. The van der Waals surface area contributed by atoms with Crippen molar-refractivity contribution in [3.05, 3.63) is 24.3 Å². The monoisotopic (exact) mass is 236 g/mol. The van der Waals surface area contributed by atoms with Gasteiger partial charge in [0.1, 0.15) is 0 Å². The minimum Gasteiger partial charge on any atom is -0.350 e. The minimum absolute atomic E-state index is 0.0250. The molecule has 1 heterocycles. The van der Waals surface area contributed by atoms with Crippen LogP contribution in [-0.4, -0.2) is 36.5 Å². The van der Waals surface area contributed by atoms with Crippen molar-refractivity contribution in [1.29, 1.82) is 0 Å². The van der Waals surface area contributed by atoms with E-state index in [2.05, 4.69) is 17.1 Å². The van der Waals surface area contributed by atoms with E-state index in [0.29, 0.717) is 6.04 Å². The van der Waals surface area contributed by atoms with Crippen LogP contribution in [0, 0.1) is 0 Å². The first-order valence-electron chi connectivity index (χ1n) is 6.58. The number of nitrogens with one attached hydrogen (secondary N) is 1. The largest absolute Gasteiger partial charge is 0.350 e. The summed E-state index contributed by atoms with van der Waals surface area (Å²) in [6.07, 6.45) is 10.5. The van der Waals surface area contributed by atoms with Crippen molar-refractivity contribution >= 4 is 5.91 Å². The molecule has 0 saturated carbocycles. The highest BCUT2D eigenvalue weighted by Gasteiger charge is 2.18. The summed E-state index contributed by atoms with van der Waals surface area (Å²) in [4.78, 5) is 14.0. The summed E-state index contributed by atoms with van der Waals surface area (Å²) in [6, 6.07) is 0.353. The molecule has 1 aliphatic rings. The van der Waals surface area contributed by atoms with Crippen molar-refractivity contribution in [3.63, 3.8) is 0 Å². The molecule has 1 amide bonds. The SMILES string of the molecule is C/C=C/C=C/C(=O)NC1CCN(CCC)CC1. The van der Waals surface area contributed by atoms with Gasteiger partial charge < -0.3 is 10.2 Å². The van der Waals surface area contributed by atoms with Crippen LogP contribution in [0.25, 0.3) is 0 Å². The van der Waals surface area contributed by atoms with Gasteiger partial charge in [-0.1, -0.05) is 25.2 Å². The maximum atomic E-state index is 11.5. The van der Waals surface area contributed by atoms with Gasteiger partial charge in [-0.25, -0.2) is 0 Å². The number of piperidine rings is 1. The summed E-state index contributed by atoms with van der Waals surface area (Å²) in [5.41, 5.74) is 0. The lowest BCUT2D eigenvalue weighted by Crippen LogP contribution is -2.44. The van der Waals surface area contributed by atoms with E-state index < -0.39 is 0 Å². The molecule has 0 atom stereocenters. The topological polar surface area (TPSA) is 32.3 Å². The van der Waals surface area contributed by atoms with Crippen LogP contribution in [0.15, 0.2) is 24.3 Å². The van der Waals surface area contributed by atoms with Crippen LogP contribution >= 0.6 is 0 Å². The lowest BCUT2D eigenvalue weighted by Gasteiger charge is -2.31. The number of likely N-dealkylation sites (tertiary alicyclic amines) is 1. The Labute approximate surface area is 105 Å². The van der Waals surface area contributed by atoms with Crippen LogP contribution in [0.4, 0.5) is 0 Å². The molecular formula is C14H24N2O. The molecule has 0 aromatic carbocycles. The number of allylic oxidation sites excluding steroid dienone is 3. The van der Waals surface area contributed by atoms with Crippen LogP contribution in [0.5, 0.6) is 0 Å². The normalized spacial score (nSPS) is 19.2. The van der Waals surface area contributed by atoms with Gasteiger partial charge in [0.05, 0.1) is 0 Å². The Bertz CT molecular complexity index is 276. The second-order valence-electron chi connectivity index (χ2n) is 4.51. The van der Waals surface area contributed by atoms with Crippen molar-refractivity contribution in [2.75, 3.05) is 19.6 Å². The molecule has 0 spiro atoms. The Morgan fingerprint density at radius 1 is 1.35 bits per heavy atom. The highest BCUT2D eigenvalue weighted by atomic mass is 16.1. The smallest absolute Gasteiger partial charge is 0.244 e. The highest BCUT2D eigenvalue weighted by Crippen LogP contribution is 2.10. The molecular weight excluding hydrogens is 212 g/mol. The Kier molecular flexibility index (Phi) is 6.63. The van der Waals surface area contributed by atoms with Gasteiger partial charge in [0.2, 0.25) is 5.91 Å². The van der Waals surface area contributed by atoms with Crippen LogP contribution in [-0.2, 0) is 4.79 Å². The summed E-state index contributed by atoms with van der Waals surface area (Å²) in [7, 11) is 0. The average Bonchev–Trinajstić information content (AvgIpc) is 2.32. The second kappa shape index (κ2) is 8.07. The summed E-state index contributed by atoms with van der Waals surface area (Å²) in [5.74, 6) is 0.0250. The summed E-state index contributed by atoms with van der Waals surface area (Å²) in [5, 5.41) is 3.05. The van der Waals surface area contributed by atoms with E-state index in [0.717, 1.165) is 25.9 Å². The second-order valence-corrected chi connectivity index (χ2v) is 4.51. The van der Waals surface area contributed by atoms with E-state index in [4.69, 9.17) is 0 Å². The Hall–Kier alpha value is -1.09. The molecule has 1 N–H and O–H groups in total. The summed E-state index contributed by atoms with van der Waals surface area (Å²) in [6.45, 7) is 7.54. The van der Waals surface area contributed by atoms with Crippen molar-refractivity contribution in [2.45, 2.75) is 39.2 Å². The van der Waals surface area contributed by atoms with Crippen LogP contribution in [0.2, 0.25) is 0 Å². The van der Waals surface area contributed by atoms with Crippen LogP contribution in [0.1, 0.15) is 33.1 Å². The number of nitrogens with zero attached hydrogens (tertiary/aromatic N) is 1. The number of rotatable bonds is 5. The zero-order chi connectivity index (χ0) is 12.5. The van der Waals surface area contributed by atoms with Gasteiger partial charge in [0.15, 0.2) is 0 Å². The number of amides is 1. The van der Waals surface area contributed by atoms with Gasteiger partial charge in [0.25, 0.3) is 0 Å². The van der Waals surface area contributed by atoms with E-state index in [1.807, 2.05) is 19.1 Å². The van der Waals surface area contributed by atoms with Gasteiger partial charge in [-0.05, 0) is 32.7 Å². The number of hydrogen-bond donors (Lipinski definition) is 1. The maximum absolute atomic E-state index is 11.5. The first kappa shape index (κ1) is 14.0. The van der Waals surface area contributed by atoms with Crippen molar-refractivity contribution in [2.24, 2.45) is 0 Å². The zero-order valence-corrected chi connectivity index (χ0v) is 11.0. The molecule has 1 rings (SSSR count). The molecule has 3 nitrogen and oxygen atoms in total. The first-order valence-corrected chi connectivity index (χ1v) is 6.58. The summed E-state index contributed by atoms with van der Waals surface area (Å²) < 4.78 is 0.